The van der Waals surface area contributed by atoms with Gasteiger partial charge in [-0.3, -0.25) is 0 Å². The van der Waals surface area contributed by atoms with Crippen molar-refractivity contribution in [1.29, 1.82) is 0 Å². The molecule has 0 N–H and O–H groups in total. The molecule has 0 heterocycles. The molecule has 5 nitrogen and oxygen atoms in total. The second-order valence-electron chi connectivity index (χ2n) is 12.5. The topological polar surface area (TPSA) is 61.8 Å². The van der Waals surface area contributed by atoms with Gasteiger partial charge in [0, 0.05) is 39.9 Å². The maximum absolute atomic E-state index is 12.5. The van der Waals surface area contributed by atoms with Gasteiger partial charge >= 0.3 is 11.9 Å². The van der Waals surface area contributed by atoms with E-state index in [-0.39, 0.29) is 0 Å². The molecule has 0 aliphatic carbocycles. The van der Waals surface area contributed by atoms with Crippen LogP contribution in [0.3, 0.4) is 0 Å². The Morgan fingerprint density at radius 1 is 0.533 bits per heavy atom. The predicted molar refractivity (Wildman–Crippen MR) is 189 cm³/mol. The molecular weight excluding hydrogens is 560 g/mol. The Kier molecular flexibility index (Phi) is 30.0. The molecule has 0 bridgehead atoms. The molecule has 0 aliphatic rings. The van der Waals surface area contributed by atoms with E-state index in [1.807, 2.05) is 12.2 Å². The summed E-state index contributed by atoms with van der Waals surface area (Å²) in [7, 11) is 2.89. The minimum absolute atomic E-state index is 0.386. The number of unbranched alkanes of at least 4 members (excludes halogenated alkanes) is 10. The summed E-state index contributed by atoms with van der Waals surface area (Å²) < 4.78 is 15.6. The summed E-state index contributed by atoms with van der Waals surface area (Å²) in [5.74, 6) is 12.9. The summed E-state index contributed by atoms with van der Waals surface area (Å²) in [6, 6.07) is 0. The molecule has 0 aromatic heterocycles. The largest absolute Gasteiger partial charge is 0.389 e. The molecular formula is C40H66O5. The third-order valence-electron chi connectivity index (χ3n) is 8.32. The summed E-state index contributed by atoms with van der Waals surface area (Å²) in [5, 5.41) is 0. The van der Waals surface area contributed by atoms with E-state index >= 15 is 0 Å². The quantitative estimate of drug-likeness (QED) is 0.0284. The van der Waals surface area contributed by atoms with E-state index in [2.05, 4.69) is 50.7 Å². The molecule has 0 aliphatic heterocycles. The first-order valence-electron chi connectivity index (χ1n) is 17.8. The first-order valence-corrected chi connectivity index (χ1v) is 17.8. The van der Waals surface area contributed by atoms with Crippen molar-refractivity contribution in [3.05, 3.63) is 25.3 Å². The smallest absolute Gasteiger partial charge is 0.342 e. The van der Waals surface area contributed by atoms with Gasteiger partial charge in [0.05, 0.1) is 0 Å². The summed E-state index contributed by atoms with van der Waals surface area (Å²) in [5.41, 5.74) is 0. The molecule has 45 heavy (non-hydrogen) atoms. The highest BCUT2D eigenvalue weighted by Gasteiger charge is 2.26. The zero-order valence-corrected chi connectivity index (χ0v) is 29.5. The minimum Gasteiger partial charge on any atom is -0.389 e. The van der Waals surface area contributed by atoms with Gasteiger partial charge in [-0.1, -0.05) is 90.2 Å². The lowest BCUT2D eigenvalue weighted by Gasteiger charge is -2.15. The summed E-state index contributed by atoms with van der Waals surface area (Å²) in [6.07, 6.45) is 25.5. The number of carbonyl (C=O) groups is 2. The number of methoxy groups -OCH3 is 2. The van der Waals surface area contributed by atoms with Crippen LogP contribution in [-0.2, 0) is 23.8 Å². The molecule has 0 saturated heterocycles. The van der Waals surface area contributed by atoms with Crippen molar-refractivity contribution >= 4 is 11.9 Å². The van der Waals surface area contributed by atoms with Crippen molar-refractivity contribution in [2.75, 3.05) is 14.2 Å². The normalized spacial score (nSPS) is 13.3. The Balaban J connectivity index is 4.09. The van der Waals surface area contributed by atoms with Crippen LogP contribution in [0.4, 0.5) is 0 Å². The molecule has 5 heteroatoms. The number of hydrogen-bond acceptors (Lipinski definition) is 5. The number of carbonyl (C=O) groups excluding carboxylic acids is 2. The van der Waals surface area contributed by atoms with Crippen molar-refractivity contribution in [1.82, 2.24) is 0 Å². The van der Waals surface area contributed by atoms with Gasteiger partial charge in [-0.15, -0.1) is 36.8 Å². The highest BCUT2D eigenvalue weighted by molar-refractivity contribution is 5.90. The first-order chi connectivity index (χ1) is 21.9. The van der Waals surface area contributed by atoms with Crippen LogP contribution < -0.4 is 0 Å². The van der Waals surface area contributed by atoms with Gasteiger partial charge in [-0.2, -0.15) is 0 Å². The lowest BCUT2D eigenvalue weighted by molar-refractivity contribution is -0.173. The van der Waals surface area contributed by atoms with Crippen molar-refractivity contribution in [3.63, 3.8) is 0 Å². The Labute approximate surface area is 277 Å². The van der Waals surface area contributed by atoms with E-state index in [4.69, 9.17) is 14.2 Å². The van der Waals surface area contributed by atoms with E-state index in [9.17, 15) is 9.59 Å². The van der Waals surface area contributed by atoms with Gasteiger partial charge in [0.1, 0.15) is 0 Å². The molecule has 256 valence electrons. The molecule has 4 atom stereocenters. The Hall–Kier alpha value is -2.34. The van der Waals surface area contributed by atoms with Crippen LogP contribution in [0.1, 0.15) is 155 Å². The molecule has 0 spiro atoms. The third kappa shape index (κ3) is 26.6. The Morgan fingerprint density at radius 2 is 0.889 bits per heavy atom. The molecule has 0 amide bonds. The fourth-order valence-corrected chi connectivity index (χ4v) is 5.27. The van der Waals surface area contributed by atoms with Crippen molar-refractivity contribution in [2.45, 2.75) is 167 Å². The van der Waals surface area contributed by atoms with Gasteiger partial charge in [-0.05, 0) is 63.2 Å². The molecule has 0 radical (unpaired) electrons. The lowest BCUT2D eigenvalue weighted by atomic mass is 9.96. The van der Waals surface area contributed by atoms with Crippen molar-refractivity contribution in [2.24, 2.45) is 11.8 Å². The summed E-state index contributed by atoms with van der Waals surface area (Å²) in [4.78, 5) is 25.0. The van der Waals surface area contributed by atoms with Gasteiger partial charge < -0.3 is 14.2 Å². The van der Waals surface area contributed by atoms with E-state index in [1.165, 1.54) is 91.3 Å². The summed E-state index contributed by atoms with van der Waals surface area (Å²) >= 11 is 0. The zero-order valence-electron chi connectivity index (χ0n) is 29.5. The maximum atomic E-state index is 12.5. The predicted octanol–water partition coefficient (Wildman–Crippen LogP) is 10.3. The van der Waals surface area contributed by atoms with Gasteiger partial charge in [0.25, 0.3) is 0 Å². The van der Waals surface area contributed by atoms with Crippen LogP contribution >= 0.6 is 0 Å². The standard InChI is InChI=1S/C40H66O5/c1-7-9-11-23-29-35(3)31-25-19-15-13-17-21-27-33-37(43-5)39(41)45-40(42)38(44-6)34-28-22-18-14-16-20-26-32-36(4)30-24-12-10-8-2/h7-8,35-38H,1-2,9-16,19-20,23-34H2,3-6H3. The Bertz CT molecular complexity index is 814. The monoisotopic (exact) mass is 626 g/mol. The van der Waals surface area contributed by atoms with Gasteiger partial charge in [0.2, 0.25) is 0 Å². The highest BCUT2D eigenvalue weighted by atomic mass is 16.6. The average molecular weight is 627 g/mol. The first kappa shape index (κ1) is 42.7. The number of ether oxygens (including phenoxy) is 3. The van der Waals surface area contributed by atoms with E-state index in [0.717, 1.165) is 50.4 Å². The molecule has 0 saturated carbocycles. The maximum Gasteiger partial charge on any atom is 0.342 e. The molecule has 4 unspecified atom stereocenters. The van der Waals surface area contributed by atoms with Crippen LogP contribution in [0.2, 0.25) is 0 Å². The average Bonchev–Trinajstić information content (AvgIpc) is 3.03. The SMILES string of the molecule is C=CCCCCC(C)CCCCCC#CCCC(OC)C(=O)OC(=O)C(CCC#CCCCCCC(C)CCCCC=C)OC. The molecule has 0 rings (SSSR count). The minimum atomic E-state index is -0.825. The van der Waals surface area contributed by atoms with Gasteiger partial charge in [-0.25, -0.2) is 9.59 Å². The third-order valence-corrected chi connectivity index (χ3v) is 8.32. The molecule has 0 aromatic carbocycles. The lowest BCUT2D eigenvalue weighted by Crippen LogP contribution is -2.33. The van der Waals surface area contributed by atoms with Gasteiger partial charge in [0.15, 0.2) is 12.2 Å². The number of rotatable bonds is 28. The molecule has 0 aromatic rings. The van der Waals surface area contributed by atoms with E-state index < -0.39 is 24.1 Å². The number of esters is 2. The second kappa shape index (κ2) is 31.6. The van der Waals surface area contributed by atoms with E-state index in [1.54, 1.807) is 0 Å². The Morgan fingerprint density at radius 3 is 1.24 bits per heavy atom. The fourth-order valence-electron chi connectivity index (χ4n) is 5.27. The van der Waals surface area contributed by atoms with Crippen LogP contribution in [0.25, 0.3) is 0 Å². The van der Waals surface area contributed by atoms with E-state index in [0.29, 0.717) is 25.7 Å². The zero-order chi connectivity index (χ0) is 33.4. The van der Waals surface area contributed by atoms with Crippen LogP contribution in [0.5, 0.6) is 0 Å². The highest BCUT2D eigenvalue weighted by Crippen LogP contribution is 2.18. The van der Waals surface area contributed by atoms with Crippen LogP contribution in [0, 0.1) is 35.5 Å². The number of hydrogen-bond donors (Lipinski definition) is 0. The van der Waals surface area contributed by atoms with Crippen LogP contribution in [-0.4, -0.2) is 38.4 Å². The van der Waals surface area contributed by atoms with Crippen molar-refractivity contribution in [3.8, 4) is 23.7 Å². The fraction of sp³-hybridized carbons (Fsp3) is 0.750. The molecule has 0 fully saturated rings. The number of allylic oxidation sites excluding steroid dienone is 2. The second-order valence-corrected chi connectivity index (χ2v) is 12.5. The van der Waals surface area contributed by atoms with Crippen LogP contribution in [0.15, 0.2) is 25.3 Å². The van der Waals surface area contributed by atoms with Crippen molar-refractivity contribution < 1.29 is 23.8 Å². The summed E-state index contributed by atoms with van der Waals surface area (Å²) in [6.45, 7) is 12.3.